The molecule has 0 spiro atoms. The fraction of sp³-hybridized carbons (Fsp3) is 0.0526. The highest BCUT2D eigenvalue weighted by atomic mass is 15.0. The molecule has 0 aliphatic heterocycles. The van der Waals surface area contributed by atoms with Crippen LogP contribution in [0.2, 0.25) is 0 Å². The highest BCUT2D eigenvalue weighted by molar-refractivity contribution is 6.10. The van der Waals surface area contributed by atoms with Crippen LogP contribution in [0, 0.1) is 0 Å². The molecule has 0 saturated carbocycles. The van der Waals surface area contributed by atoms with Gasteiger partial charge in [0, 0.05) is 28.3 Å². The van der Waals surface area contributed by atoms with E-state index in [1.54, 1.807) is 0 Å². The molecular formula is C38H30N2. The predicted octanol–water partition coefficient (Wildman–Crippen LogP) is 10.6. The van der Waals surface area contributed by atoms with Gasteiger partial charge in [-0.2, -0.15) is 0 Å². The van der Waals surface area contributed by atoms with Crippen LogP contribution in [0.4, 0.5) is 0 Å². The first-order valence-corrected chi connectivity index (χ1v) is 14.0. The van der Waals surface area contributed by atoms with Gasteiger partial charge in [-0.3, -0.25) is 0 Å². The zero-order valence-corrected chi connectivity index (χ0v) is 22.8. The number of nitrogens with zero attached hydrogens (tertiary/aromatic N) is 2. The van der Waals surface area contributed by atoms with E-state index in [2.05, 4.69) is 155 Å². The molecule has 0 amide bonds. The summed E-state index contributed by atoms with van der Waals surface area (Å²) in [4.78, 5) is 0. The van der Waals surface area contributed by atoms with Gasteiger partial charge < -0.3 is 9.13 Å². The zero-order chi connectivity index (χ0) is 27.1. The minimum Gasteiger partial charge on any atom is -0.317 e. The van der Waals surface area contributed by atoms with Crippen LogP contribution in [0.3, 0.4) is 0 Å². The molecule has 8 rings (SSSR count). The predicted molar refractivity (Wildman–Crippen MR) is 172 cm³/mol. The SMILES string of the molecule is CC.c1ccc2cc(-n3c4ccccc4c4cc(-c5ccc(-n6ccc7ccccc76)cc5)ccc43)ccc2c1. The van der Waals surface area contributed by atoms with Gasteiger partial charge in [-0.15, -0.1) is 0 Å². The quantitative estimate of drug-likeness (QED) is 0.222. The highest BCUT2D eigenvalue weighted by Crippen LogP contribution is 2.36. The molecule has 0 radical (unpaired) electrons. The summed E-state index contributed by atoms with van der Waals surface area (Å²) in [5, 5.41) is 6.31. The number of benzene rings is 6. The van der Waals surface area contributed by atoms with Crippen LogP contribution < -0.4 is 0 Å². The largest absolute Gasteiger partial charge is 0.317 e. The van der Waals surface area contributed by atoms with E-state index >= 15 is 0 Å². The monoisotopic (exact) mass is 514 g/mol. The standard InChI is InChI=1S/C36H24N2.C2H6/c1-2-9-28-23-31(19-15-25(28)7-1)38-35-12-6-4-10-32(35)33-24-29(16-20-36(33)38)26-13-17-30(18-14-26)37-22-21-27-8-3-5-11-34(27)37;1-2/h1-24H;1-2H3. The second-order valence-corrected chi connectivity index (χ2v) is 9.91. The Morgan fingerprint density at radius 1 is 0.400 bits per heavy atom. The Morgan fingerprint density at radius 3 is 1.85 bits per heavy atom. The Labute approximate surface area is 234 Å². The van der Waals surface area contributed by atoms with Crippen molar-refractivity contribution in [3.63, 3.8) is 0 Å². The average Bonchev–Trinajstić information content (AvgIpc) is 3.61. The molecule has 2 heterocycles. The molecule has 192 valence electrons. The van der Waals surface area contributed by atoms with E-state index in [4.69, 9.17) is 0 Å². The van der Waals surface area contributed by atoms with Crippen molar-refractivity contribution in [3.8, 4) is 22.5 Å². The normalized spacial score (nSPS) is 11.2. The fourth-order valence-electron chi connectivity index (χ4n) is 5.87. The summed E-state index contributed by atoms with van der Waals surface area (Å²) in [5.74, 6) is 0. The van der Waals surface area contributed by atoms with Crippen molar-refractivity contribution >= 4 is 43.5 Å². The first kappa shape index (κ1) is 24.0. The molecule has 0 N–H and O–H groups in total. The van der Waals surface area contributed by atoms with Crippen LogP contribution in [0.15, 0.2) is 146 Å². The molecule has 0 saturated heterocycles. The van der Waals surface area contributed by atoms with Crippen molar-refractivity contribution < 1.29 is 0 Å². The Morgan fingerprint density at radius 2 is 1.02 bits per heavy atom. The van der Waals surface area contributed by atoms with Crippen LogP contribution >= 0.6 is 0 Å². The Bertz CT molecular complexity index is 2120. The van der Waals surface area contributed by atoms with Crippen molar-refractivity contribution in [1.82, 2.24) is 9.13 Å². The molecule has 8 aromatic rings. The molecule has 2 nitrogen and oxygen atoms in total. The van der Waals surface area contributed by atoms with Crippen molar-refractivity contribution in [2.75, 3.05) is 0 Å². The Hall–Kier alpha value is -5.08. The summed E-state index contributed by atoms with van der Waals surface area (Å²) in [6.07, 6.45) is 2.15. The van der Waals surface area contributed by atoms with Gasteiger partial charge in [0.1, 0.15) is 0 Å². The van der Waals surface area contributed by atoms with Crippen LogP contribution in [0.25, 0.3) is 66.0 Å². The van der Waals surface area contributed by atoms with E-state index in [0.717, 1.165) is 0 Å². The van der Waals surface area contributed by atoms with Crippen LogP contribution in [-0.4, -0.2) is 9.13 Å². The summed E-state index contributed by atoms with van der Waals surface area (Å²) in [5.41, 5.74) is 8.47. The van der Waals surface area contributed by atoms with E-state index in [9.17, 15) is 0 Å². The molecule has 0 aliphatic rings. The number of para-hydroxylation sites is 2. The molecule has 0 fully saturated rings. The van der Waals surface area contributed by atoms with Gasteiger partial charge in [-0.05, 0) is 81.9 Å². The zero-order valence-electron chi connectivity index (χ0n) is 22.8. The van der Waals surface area contributed by atoms with E-state index < -0.39 is 0 Å². The number of hydrogen-bond acceptors (Lipinski definition) is 0. The third-order valence-electron chi connectivity index (χ3n) is 7.74. The minimum atomic E-state index is 1.17. The first-order chi connectivity index (χ1) is 19.8. The van der Waals surface area contributed by atoms with Crippen LogP contribution in [0.5, 0.6) is 0 Å². The molecule has 40 heavy (non-hydrogen) atoms. The molecule has 0 aliphatic carbocycles. The second kappa shape index (κ2) is 9.91. The van der Waals surface area contributed by atoms with Gasteiger partial charge in [0.2, 0.25) is 0 Å². The maximum Gasteiger partial charge on any atom is 0.0541 e. The number of fused-ring (bicyclic) bond motifs is 5. The van der Waals surface area contributed by atoms with Crippen LogP contribution in [-0.2, 0) is 0 Å². The third-order valence-corrected chi connectivity index (χ3v) is 7.74. The van der Waals surface area contributed by atoms with Crippen molar-refractivity contribution in [2.24, 2.45) is 0 Å². The van der Waals surface area contributed by atoms with Gasteiger partial charge >= 0.3 is 0 Å². The van der Waals surface area contributed by atoms with Crippen molar-refractivity contribution in [3.05, 3.63) is 146 Å². The third kappa shape index (κ3) is 3.88. The summed E-state index contributed by atoms with van der Waals surface area (Å²) in [7, 11) is 0. The molecule has 0 bridgehead atoms. The molecule has 2 aromatic heterocycles. The maximum absolute atomic E-state index is 2.39. The molecular weight excluding hydrogens is 484 g/mol. The Balaban J connectivity index is 0.00000130. The van der Waals surface area contributed by atoms with Crippen molar-refractivity contribution in [1.29, 1.82) is 0 Å². The van der Waals surface area contributed by atoms with Gasteiger partial charge in [0.25, 0.3) is 0 Å². The lowest BCUT2D eigenvalue weighted by Crippen LogP contribution is -1.94. The topological polar surface area (TPSA) is 9.86 Å². The lowest BCUT2D eigenvalue weighted by atomic mass is 10.0. The highest BCUT2D eigenvalue weighted by Gasteiger charge is 2.13. The summed E-state index contributed by atoms with van der Waals surface area (Å²) in [6.45, 7) is 4.00. The molecule has 6 aromatic carbocycles. The van der Waals surface area contributed by atoms with Gasteiger partial charge in [-0.1, -0.05) is 98.8 Å². The number of rotatable bonds is 3. The lowest BCUT2D eigenvalue weighted by Gasteiger charge is -2.10. The maximum atomic E-state index is 2.39. The van der Waals surface area contributed by atoms with Crippen LogP contribution in [0.1, 0.15) is 13.8 Å². The van der Waals surface area contributed by atoms with Gasteiger partial charge in [0.05, 0.1) is 16.6 Å². The second-order valence-electron chi connectivity index (χ2n) is 9.91. The molecule has 0 atom stereocenters. The minimum absolute atomic E-state index is 1.17. The summed E-state index contributed by atoms with van der Waals surface area (Å²) < 4.78 is 4.64. The first-order valence-electron chi connectivity index (χ1n) is 14.0. The summed E-state index contributed by atoms with van der Waals surface area (Å²) >= 11 is 0. The lowest BCUT2D eigenvalue weighted by molar-refractivity contribution is 1.13. The number of hydrogen-bond donors (Lipinski definition) is 0. The number of aromatic nitrogens is 2. The van der Waals surface area contributed by atoms with Crippen molar-refractivity contribution in [2.45, 2.75) is 13.8 Å². The Kier molecular flexibility index (Phi) is 5.94. The van der Waals surface area contributed by atoms with E-state index in [1.165, 1.54) is 66.0 Å². The smallest absolute Gasteiger partial charge is 0.0541 e. The summed E-state index contributed by atoms with van der Waals surface area (Å²) in [6, 6.07) is 50.4. The van der Waals surface area contributed by atoms with Gasteiger partial charge in [-0.25, -0.2) is 0 Å². The molecule has 0 unspecified atom stereocenters. The fourth-order valence-corrected chi connectivity index (χ4v) is 5.87. The van der Waals surface area contributed by atoms with E-state index in [-0.39, 0.29) is 0 Å². The van der Waals surface area contributed by atoms with E-state index in [1.807, 2.05) is 13.8 Å². The molecule has 2 heteroatoms. The van der Waals surface area contributed by atoms with E-state index in [0.29, 0.717) is 0 Å². The van der Waals surface area contributed by atoms with Gasteiger partial charge in [0.15, 0.2) is 0 Å². The average molecular weight is 515 g/mol.